The third-order valence-corrected chi connectivity index (χ3v) is 4.82. The second kappa shape index (κ2) is 7.94. The fraction of sp³-hybridized carbons (Fsp3) is 0.471. The smallest absolute Gasteiger partial charge is 0.387 e. The van der Waals surface area contributed by atoms with Crippen molar-refractivity contribution in [1.82, 2.24) is 19.7 Å². The fourth-order valence-electron chi connectivity index (χ4n) is 3.28. The third-order valence-electron chi connectivity index (χ3n) is 4.50. The second-order valence-corrected chi connectivity index (χ2v) is 6.51. The number of H-pyrrole nitrogens is 1. The van der Waals surface area contributed by atoms with Gasteiger partial charge in [0.05, 0.1) is 0 Å². The highest BCUT2D eigenvalue weighted by Crippen LogP contribution is 2.27. The van der Waals surface area contributed by atoms with E-state index in [0.29, 0.717) is 23.4 Å². The Morgan fingerprint density at radius 3 is 2.81 bits per heavy atom. The van der Waals surface area contributed by atoms with Gasteiger partial charge < -0.3 is 14.2 Å². The maximum atomic E-state index is 12.8. The number of rotatable bonds is 5. The lowest BCUT2D eigenvalue weighted by Crippen LogP contribution is -2.39. The highest BCUT2D eigenvalue weighted by atomic mass is 32.1. The van der Waals surface area contributed by atoms with Gasteiger partial charge in [-0.3, -0.25) is 9.89 Å². The number of nitrogens with one attached hydrogen (secondary N) is 1. The monoisotopic (exact) mass is 382 g/mol. The standard InChI is InChI=1S/C17H20F2N4O2S/c1-2-23-14(20-21-17(23)26)12-4-3-9-22(10-12)15(24)11-5-7-13(8-6-11)25-16(18)19/h5-8,12,16H,2-4,9-10H2,1H3,(H,21,26). The van der Waals surface area contributed by atoms with Crippen molar-refractivity contribution in [3.05, 3.63) is 40.4 Å². The summed E-state index contributed by atoms with van der Waals surface area (Å²) in [6, 6.07) is 5.77. The zero-order valence-electron chi connectivity index (χ0n) is 14.3. The van der Waals surface area contributed by atoms with Crippen LogP contribution in [0.4, 0.5) is 8.78 Å². The molecule has 140 valence electrons. The Morgan fingerprint density at radius 2 is 2.15 bits per heavy atom. The molecule has 6 nitrogen and oxygen atoms in total. The van der Waals surface area contributed by atoms with Crippen LogP contribution in [0.25, 0.3) is 0 Å². The predicted octanol–water partition coefficient (Wildman–Crippen LogP) is 3.58. The molecule has 0 spiro atoms. The van der Waals surface area contributed by atoms with Crippen LogP contribution in [0.15, 0.2) is 24.3 Å². The van der Waals surface area contributed by atoms with Crippen LogP contribution in [0.1, 0.15) is 41.9 Å². The van der Waals surface area contributed by atoms with E-state index in [9.17, 15) is 13.6 Å². The summed E-state index contributed by atoms with van der Waals surface area (Å²) in [6.07, 6.45) is 1.80. The van der Waals surface area contributed by atoms with Gasteiger partial charge in [-0.1, -0.05) is 0 Å². The first-order valence-corrected chi connectivity index (χ1v) is 8.89. The number of alkyl halides is 2. The number of aromatic amines is 1. The first-order valence-electron chi connectivity index (χ1n) is 8.48. The Balaban J connectivity index is 1.72. The number of nitrogens with zero attached hydrogens (tertiary/aromatic N) is 3. The molecule has 0 bridgehead atoms. The number of hydrogen-bond acceptors (Lipinski definition) is 4. The summed E-state index contributed by atoms with van der Waals surface area (Å²) < 4.78 is 31.3. The van der Waals surface area contributed by atoms with Gasteiger partial charge >= 0.3 is 6.61 Å². The average molecular weight is 382 g/mol. The molecule has 1 aliphatic rings. The molecule has 0 saturated carbocycles. The molecule has 1 aliphatic heterocycles. The van der Waals surface area contributed by atoms with E-state index in [2.05, 4.69) is 14.9 Å². The lowest BCUT2D eigenvalue weighted by Gasteiger charge is -2.32. The zero-order valence-corrected chi connectivity index (χ0v) is 15.1. The number of carbonyl (C=O) groups excluding carboxylic acids is 1. The Hall–Kier alpha value is -2.29. The van der Waals surface area contributed by atoms with E-state index in [1.54, 1.807) is 4.90 Å². The Labute approximate surface area is 154 Å². The normalized spacial score (nSPS) is 17.5. The molecule has 1 aromatic carbocycles. The summed E-state index contributed by atoms with van der Waals surface area (Å²) in [5, 5.41) is 7.16. The SMILES string of the molecule is CCn1c(C2CCCN(C(=O)c3ccc(OC(F)F)cc3)C2)n[nH]c1=S. The van der Waals surface area contributed by atoms with Gasteiger partial charge in [-0.2, -0.15) is 13.9 Å². The van der Waals surface area contributed by atoms with Crippen LogP contribution in [-0.2, 0) is 6.54 Å². The van der Waals surface area contributed by atoms with Crippen LogP contribution >= 0.6 is 12.2 Å². The molecule has 1 atom stereocenters. The molecule has 1 fully saturated rings. The van der Waals surface area contributed by atoms with Crippen molar-refractivity contribution in [1.29, 1.82) is 0 Å². The summed E-state index contributed by atoms with van der Waals surface area (Å²) in [6.45, 7) is 1.05. The Kier molecular flexibility index (Phi) is 5.65. The lowest BCUT2D eigenvalue weighted by molar-refractivity contribution is -0.0498. The van der Waals surface area contributed by atoms with E-state index in [-0.39, 0.29) is 17.6 Å². The zero-order chi connectivity index (χ0) is 18.7. The molecular formula is C17H20F2N4O2S. The fourth-order valence-corrected chi connectivity index (χ4v) is 3.55. The van der Waals surface area contributed by atoms with Crippen molar-refractivity contribution in [3.63, 3.8) is 0 Å². The van der Waals surface area contributed by atoms with Crippen LogP contribution in [-0.4, -0.2) is 45.3 Å². The Morgan fingerprint density at radius 1 is 1.42 bits per heavy atom. The molecule has 2 aromatic rings. The number of aromatic nitrogens is 3. The first kappa shape index (κ1) is 18.5. The third kappa shape index (κ3) is 3.92. The number of piperidine rings is 1. The van der Waals surface area contributed by atoms with Gasteiger partial charge in [0.1, 0.15) is 11.6 Å². The van der Waals surface area contributed by atoms with E-state index >= 15 is 0 Å². The van der Waals surface area contributed by atoms with Gasteiger partial charge in [0, 0.05) is 31.1 Å². The van der Waals surface area contributed by atoms with Crippen molar-refractivity contribution in [2.24, 2.45) is 0 Å². The van der Waals surface area contributed by atoms with E-state index in [0.717, 1.165) is 25.2 Å². The van der Waals surface area contributed by atoms with Gasteiger partial charge in [0.2, 0.25) is 0 Å². The molecular weight excluding hydrogens is 362 g/mol. The number of ether oxygens (including phenoxy) is 1. The molecule has 3 rings (SSSR count). The molecule has 26 heavy (non-hydrogen) atoms. The van der Waals surface area contributed by atoms with Gasteiger partial charge in [0.25, 0.3) is 5.91 Å². The van der Waals surface area contributed by atoms with Crippen LogP contribution < -0.4 is 4.74 Å². The minimum atomic E-state index is -2.88. The molecule has 1 N–H and O–H groups in total. The highest BCUT2D eigenvalue weighted by Gasteiger charge is 2.28. The lowest BCUT2D eigenvalue weighted by atomic mass is 9.96. The number of halogens is 2. The summed E-state index contributed by atoms with van der Waals surface area (Å²) in [5.41, 5.74) is 0.446. The maximum absolute atomic E-state index is 12.8. The van der Waals surface area contributed by atoms with Gasteiger partial charge in [-0.15, -0.1) is 0 Å². The molecule has 2 heterocycles. The molecule has 1 amide bonds. The minimum Gasteiger partial charge on any atom is -0.435 e. The highest BCUT2D eigenvalue weighted by molar-refractivity contribution is 7.71. The van der Waals surface area contributed by atoms with Crippen LogP contribution in [0, 0.1) is 4.77 Å². The van der Waals surface area contributed by atoms with E-state index < -0.39 is 6.61 Å². The van der Waals surface area contributed by atoms with Crippen LogP contribution in [0.2, 0.25) is 0 Å². The molecule has 0 aliphatic carbocycles. The van der Waals surface area contributed by atoms with Gasteiger partial charge in [0.15, 0.2) is 4.77 Å². The van der Waals surface area contributed by atoms with Crippen molar-refractivity contribution >= 4 is 18.1 Å². The molecule has 1 aromatic heterocycles. The van der Waals surface area contributed by atoms with Crippen LogP contribution in [0.5, 0.6) is 5.75 Å². The summed E-state index contributed by atoms with van der Waals surface area (Å²) in [7, 11) is 0. The number of carbonyl (C=O) groups is 1. The average Bonchev–Trinajstić information content (AvgIpc) is 3.02. The number of hydrogen-bond donors (Lipinski definition) is 1. The quantitative estimate of drug-likeness (QED) is 0.803. The number of benzene rings is 1. The largest absolute Gasteiger partial charge is 0.435 e. The molecule has 0 radical (unpaired) electrons. The van der Waals surface area contributed by atoms with Gasteiger partial charge in [-0.25, -0.2) is 0 Å². The topological polar surface area (TPSA) is 63.1 Å². The maximum Gasteiger partial charge on any atom is 0.387 e. The number of amides is 1. The van der Waals surface area contributed by atoms with Crippen molar-refractivity contribution in [2.45, 2.75) is 38.8 Å². The van der Waals surface area contributed by atoms with Crippen molar-refractivity contribution in [2.75, 3.05) is 13.1 Å². The second-order valence-electron chi connectivity index (χ2n) is 6.12. The van der Waals surface area contributed by atoms with E-state index in [4.69, 9.17) is 12.2 Å². The van der Waals surface area contributed by atoms with Crippen molar-refractivity contribution in [3.8, 4) is 5.75 Å². The van der Waals surface area contributed by atoms with E-state index in [1.807, 2.05) is 11.5 Å². The molecule has 9 heteroatoms. The first-order chi connectivity index (χ1) is 12.5. The number of likely N-dealkylation sites (tertiary alicyclic amines) is 1. The molecule has 1 unspecified atom stereocenters. The minimum absolute atomic E-state index is 0.0338. The summed E-state index contributed by atoms with van der Waals surface area (Å²) >= 11 is 5.24. The summed E-state index contributed by atoms with van der Waals surface area (Å²) in [5.74, 6) is 0.889. The van der Waals surface area contributed by atoms with E-state index in [1.165, 1.54) is 24.3 Å². The van der Waals surface area contributed by atoms with Gasteiger partial charge in [-0.05, 0) is 56.2 Å². The Bertz CT molecular complexity index is 819. The summed E-state index contributed by atoms with van der Waals surface area (Å²) in [4.78, 5) is 14.5. The van der Waals surface area contributed by atoms with Crippen LogP contribution in [0.3, 0.4) is 0 Å². The predicted molar refractivity (Wildman–Crippen MR) is 94.0 cm³/mol. The van der Waals surface area contributed by atoms with Crippen molar-refractivity contribution < 1.29 is 18.3 Å². The molecule has 1 saturated heterocycles.